The van der Waals surface area contributed by atoms with Crippen molar-refractivity contribution >= 4 is 0 Å². The molecule has 0 radical (unpaired) electrons. The molecule has 0 heterocycles. The van der Waals surface area contributed by atoms with E-state index in [1.165, 1.54) is 50.5 Å². The topological polar surface area (TPSA) is 92.8 Å². The third-order valence-corrected chi connectivity index (χ3v) is 3.37. The van der Waals surface area contributed by atoms with Crippen molar-refractivity contribution < 1.29 is 20.1 Å². The van der Waals surface area contributed by atoms with Crippen molar-refractivity contribution in [1.82, 2.24) is 0 Å². The number of aliphatic hydroxyl groups is 1. The molecule has 0 unspecified atom stereocenters. The third-order valence-electron chi connectivity index (χ3n) is 3.37. The van der Waals surface area contributed by atoms with Gasteiger partial charge in [-0.25, -0.2) is 0 Å². The maximum Gasteiger partial charge on any atom is 0.291 e. The van der Waals surface area contributed by atoms with Crippen LogP contribution in [0.3, 0.4) is 0 Å². The predicted octanol–water partition coefficient (Wildman–Crippen LogP) is 4.00. The van der Waals surface area contributed by atoms with Gasteiger partial charge in [0.25, 0.3) is 5.09 Å². The van der Waals surface area contributed by atoms with Gasteiger partial charge < -0.3 is 15.1 Å². The fourth-order valence-electron chi connectivity index (χ4n) is 2.28. The van der Waals surface area contributed by atoms with E-state index in [0.717, 1.165) is 12.2 Å². The molecule has 0 saturated carbocycles. The number of aliphatic hydroxyl groups excluding tert-OH is 1. The van der Waals surface area contributed by atoms with Gasteiger partial charge in [-0.2, -0.15) is 0 Å². The number of para-hydroxylation sites is 1. The molecule has 0 aliphatic carbocycles. The highest BCUT2D eigenvalue weighted by molar-refractivity contribution is 5.33. The number of ether oxygens (including phenoxy) is 1. The van der Waals surface area contributed by atoms with Crippen molar-refractivity contribution in [2.75, 3.05) is 13.2 Å². The molecule has 132 valence electrons. The lowest BCUT2D eigenvalue weighted by Gasteiger charge is -2.10. The lowest BCUT2D eigenvalue weighted by Crippen LogP contribution is -2.03. The van der Waals surface area contributed by atoms with E-state index < -0.39 is 5.09 Å². The van der Waals surface area contributed by atoms with E-state index in [-0.39, 0.29) is 6.61 Å². The van der Waals surface area contributed by atoms with Crippen LogP contribution in [0.5, 0.6) is 5.75 Å². The van der Waals surface area contributed by atoms with E-state index in [2.05, 4.69) is 19.1 Å². The van der Waals surface area contributed by atoms with E-state index in [0.29, 0.717) is 6.61 Å². The summed E-state index contributed by atoms with van der Waals surface area (Å²) in [4.78, 5) is 8.36. The van der Waals surface area contributed by atoms with Gasteiger partial charge in [-0.1, -0.05) is 63.6 Å². The van der Waals surface area contributed by atoms with Crippen molar-refractivity contribution in [3.05, 3.63) is 39.9 Å². The zero-order valence-electron chi connectivity index (χ0n) is 13.9. The van der Waals surface area contributed by atoms with Crippen LogP contribution >= 0.6 is 0 Å². The van der Waals surface area contributed by atoms with Crippen LogP contribution in [0.4, 0.5) is 0 Å². The average molecular weight is 327 g/mol. The van der Waals surface area contributed by atoms with Gasteiger partial charge in [-0.15, -0.1) is 10.1 Å². The van der Waals surface area contributed by atoms with Crippen molar-refractivity contribution in [1.29, 1.82) is 0 Å². The van der Waals surface area contributed by atoms with Crippen LogP contribution in [0.25, 0.3) is 0 Å². The second kappa shape index (κ2) is 15.1. The molecule has 1 aromatic carbocycles. The first kappa shape index (κ1) is 21.2. The van der Waals surface area contributed by atoms with Crippen molar-refractivity contribution in [3.8, 4) is 5.75 Å². The Morgan fingerprint density at radius 2 is 1.65 bits per heavy atom. The molecule has 0 aliphatic rings. The standard InChI is InChI=1S/C17H28O2.HNO3/c1-2-3-4-5-6-7-8-11-16-12-9-10-13-17(16)19-15-14-18;2-1(3)4/h9-10,12-13,18H,2-8,11,14-15H2,1H3;(H,2,3,4). The minimum atomic E-state index is -1.50. The first-order valence-electron chi connectivity index (χ1n) is 8.26. The summed E-state index contributed by atoms with van der Waals surface area (Å²) in [6, 6.07) is 8.17. The molecule has 0 bridgehead atoms. The van der Waals surface area contributed by atoms with Crippen LogP contribution in [-0.4, -0.2) is 28.6 Å². The van der Waals surface area contributed by atoms with E-state index in [4.69, 9.17) is 25.2 Å². The molecule has 0 atom stereocenters. The van der Waals surface area contributed by atoms with Crippen LogP contribution in [0.15, 0.2) is 24.3 Å². The summed E-state index contributed by atoms with van der Waals surface area (Å²) in [6.45, 7) is 2.71. The smallest absolute Gasteiger partial charge is 0.291 e. The van der Waals surface area contributed by atoms with Crippen molar-refractivity contribution in [2.24, 2.45) is 0 Å². The molecule has 6 nitrogen and oxygen atoms in total. The van der Waals surface area contributed by atoms with Gasteiger partial charge >= 0.3 is 0 Å². The first-order chi connectivity index (χ1) is 11.1. The van der Waals surface area contributed by atoms with Crippen LogP contribution in [0.2, 0.25) is 0 Å². The van der Waals surface area contributed by atoms with Gasteiger partial charge in [0.1, 0.15) is 12.4 Å². The summed E-state index contributed by atoms with van der Waals surface area (Å²) in [7, 11) is 0. The maximum atomic E-state index is 8.81. The average Bonchev–Trinajstić information content (AvgIpc) is 2.52. The number of hydrogen-bond acceptors (Lipinski definition) is 4. The number of nitrogens with zero attached hydrogens (tertiary/aromatic N) is 1. The maximum absolute atomic E-state index is 8.81. The zero-order chi connectivity index (χ0) is 17.3. The molecule has 0 aromatic heterocycles. The van der Waals surface area contributed by atoms with Crippen LogP contribution < -0.4 is 4.74 Å². The van der Waals surface area contributed by atoms with Gasteiger partial charge in [0.15, 0.2) is 0 Å². The van der Waals surface area contributed by atoms with E-state index in [1.54, 1.807) is 0 Å². The van der Waals surface area contributed by atoms with E-state index in [1.807, 2.05) is 12.1 Å². The number of hydrogen-bond donors (Lipinski definition) is 2. The van der Waals surface area contributed by atoms with Crippen molar-refractivity contribution in [3.63, 3.8) is 0 Å². The van der Waals surface area contributed by atoms with Gasteiger partial charge in [-0.05, 0) is 24.5 Å². The number of rotatable bonds is 11. The molecule has 0 amide bonds. The Hall–Kier alpha value is -1.82. The quantitative estimate of drug-likeness (QED) is 0.364. The lowest BCUT2D eigenvalue weighted by molar-refractivity contribution is -0.742. The normalized spacial score (nSPS) is 9.83. The summed E-state index contributed by atoms with van der Waals surface area (Å²) in [5.41, 5.74) is 1.27. The summed E-state index contributed by atoms with van der Waals surface area (Å²) < 4.78 is 5.55. The largest absolute Gasteiger partial charge is 0.491 e. The molecule has 0 fully saturated rings. The molecule has 6 heteroatoms. The molecule has 2 N–H and O–H groups in total. The van der Waals surface area contributed by atoms with Crippen LogP contribution in [0, 0.1) is 10.1 Å². The monoisotopic (exact) mass is 327 g/mol. The van der Waals surface area contributed by atoms with E-state index in [9.17, 15) is 0 Å². The zero-order valence-corrected chi connectivity index (χ0v) is 13.9. The molecule has 1 aromatic rings. The van der Waals surface area contributed by atoms with Gasteiger partial charge in [0, 0.05) is 0 Å². The molecule has 0 saturated heterocycles. The molecule has 1 rings (SSSR count). The highest BCUT2D eigenvalue weighted by atomic mass is 16.9. The minimum Gasteiger partial charge on any atom is -0.491 e. The van der Waals surface area contributed by atoms with Crippen LogP contribution in [0.1, 0.15) is 57.4 Å². The summed E-state index contributed by atoms with van der Waals surface area (Å²) in [5, 5.41) is 22.4. The summed E-state index contributed by atoms with van der Waals surface area (Å²) in [5.74, 6) is 0.933. The lowest BCUT2D eigenvalue weighted by atomic mass is 10.0. The summed E-state index contributed by atoms with van der Waals surface area (Å²) >= 11 is 0. The highest BCUT2D eigenvalue weighted by Crippen LogP contribution is 2.20. The van der Waals surface area contributed by atoms with Gasteiger partial charge in [0.2, 0.25) is 0 Å². The highest BCUT2D eigenvalue weighted by Gasteiger charge is 2.02. The number of unbranched alkanes of at least 4 members (excludes halogenated alkanes) is 6. The fourth-order valence-corrected chi connectivity index (χ4v) is 2.28. The minimum absolute atomic E-state index is 0.0752. The van der Waals surface area contributed by atoms with Gasteiger partial charge in [0.05, 0.1) is 6.61 Å². The molecular formula is C17H29NO5. The van der Waals surface area contributed by atoms with Gasteiger partial charge in [-0.3, -0.25) is 0 Å². The van der Waals surface area contributed by atoms with E-state index >= 15 is 0 Å². The third kappa shape index (κ3) is 13.6. The van der Waals surface area contributed by atoms with Crippen LogP contribution in [-0.2, 0) is 6.42 Å². The Bertz CT molecular complexity index is 408. The Morgan fingerprint density at radius 1 is 1.09 bits per heavy atom. The SMILES string of the molecule is CCCCCCCCCc1ccccc1OCCO.O=[N+]([O-])O. The Labute approximate surface area is 138 Å². The second-order valence-corrected chi connectivity index (χ2v) is 5.29. The van der Waals surface area contributed by atoms with Crippen molar-refractivity contribution in [2.45, 2.75) is 58.3 Å². The Balaban J connectivity index is 0.00000108. The second-order valence-electron chi connectivity index (χ2n) is 5.29. The number of aryl methyl sites for hydroxylation is 1. The summed E-state index contributed by atoms with van der Waals surface area (Å²) in [6.07, 6.45) is 10.4. The molecule has 23 heavy (non-hydrogen) atoms. The molecular weight excluding hydrogens is 298 g/mol. The Morgan fingerprint density at radius 3 is 2.26 bits per heavy atom. The Kier molecular flexibility index (Phi) is 13.9. The first-order valence-corrected chi connectivity index (χ1v) is 8.26. The molecule has 0 spiro atoms. The molecule has 0 aliphatic heterocycles. The fraction of sp³-hybridized carbons (Fsp3) is 0.647. The number of benzene rings is 1. The predicted molar refractivity (Wildman–Crippen MR) is 89.5 cm³/mol.